The van der Waals surface area contributed by atoms with Crippen molar-refractivity contribution in [2.24, 2.45) is 0 Å². The van der Waals surface area contributed by atoms with Gasteiger partial charge in [0, 0.05) is 37.0 Å². The van der Waals surface area contributed by atoms with Gasteiger partial charge in [0.25, 0.3) is 5.95 Å². The summed E-state index contributed by atoms with van der Waals surface area (Å²) in [6, 6.07) is 17.8. The van der Waals surface area contributed by atoms with Gasteiger partial charge in [0.05, 0.1) is 5.52 Å². The molecule has 0 amide bonds. The standard InChI is InChI=1S/C22H21N5O2/c1-2-5-17(6-3-1)29-18-7-8-20-19(15-18)21(24-16-9-13-28-14-10-16)26-22(25-20)27-12-4-11-23-27/h1-8,11-12,15-16H,9-10,13-14H2,(H,24,25,26). The molecule has 0 radical (unpaired) electrons. The molecule has 2 aromatic carbocycles. The minimum Gasteiger partial charge on any atom is -0.457 e. The Kier molecular flexibility index (Phi) is 4.80. The molecule has 0 aliphatic carbocycles. The topological polar surface area (TPSA) is 74.1 Å². The Labute approximate surface area is 168 Å². The molecule has 7 nitrogen and oxygen atoms in total. The highest BCUT2D eigenvalue weighted by molar-refractivity contribution is 5.91. The Morgan fingerprint density at radius 3 is 2.62 bits per heavy atom. The average molecular weight is 387 g/mol. The van der Waals surface area contributed by atoms with Crippen LogP contribution in [0.15, 0.2) is 67.0 Å². The molecule has 1 fully saturated rings. The van der Waals surface area contributed by atoms with Gasteiger partial charge in [-0.15, -0.1) is 0 Å². The third kappa shape index (κ3) is 3.90. The highest BCUT2D eigenvalue weighted by Gasteiger charge is 2.17. The maximum Gasteiger partial charge on any atom is 0.253 e. The molecule has 0 saturated carbocycles. The van der Waals surface area contributed by atoms with Crippen LogP contribution in [0, 0.1) is 0 Å². The number of fused-ring (bicyclic) bond motifs is 1. The predicted octanol–water partition coefficient (Wildman–Crippen LogP) is 4.20. The zero-order valence-corrected chi connectivity index (χ0v) is 15.9. The summed E-state index contributed by atoms with van der Waals surface area (Å²) in [5.41, 5.74) is 0.834. The summed E-state index contributed by atoms with van der Waals surface area (Å²) < 4.78 is 13.2. The molecule has 0 unspecified atom stereocenters. The van der Waals surface area contributed by atoms with E-state index < -0.39 is 0 Å². The third-order valence-electron chi connectivity index (χ3n) is 4.91. The summed E-state index contributed by atoms with van der Waals surface area (Å²) in [7, 11) is 0. The van der Waals surface area contributed by atoms with Crippen molar-refractivity contribution in [1.82, 2.24) is 19.7 Å². The zero-order valence-electron chi connectivity index (χ0n) is 15.9. The lowest BCUT2D eigenvalue weighted by Crippen LogP contribution is -2.28. The van der Waals surface area contributed by atoms with Crippen LogP contribution in [0.2, 0.25) is 0 Å². The van der Waals surface area contributed by atoms with E-state index in [4.69, 9.17) is 14.5 Å². The lowest BCUT2D eigenvalue weighted by atomic mass is 10.1. The lowest BCUT2D eigenvalue weighted by molar-refractivity contribution is 0.0904. The van der Waals surface area contributed by atoms with Gasteiger partial charge in [-0.25, -0.2) is 9.67 Å². The van der Waals surface area contributed by atoms with Crippen LogP contribution in [0.5, 0.6) is 11.5 Å². The van der Waals surface area contributed by atoms with Gasteiger partial charge in [-0.2, -0.15) is 10.1 Å². The largest absolute Gasteiger partial charge is 0.457 e. The molecular weight excluding hydrogens is 366 g/mol. The first kappa shape index (κ1) is 17.6. The van der Waals surface area contributed by atoms with Crippen molar-refractivity contribution in [1.29, 1.82) is 0 Å². The number of nitrogens with one attached hydrogen (secondary N) is 1. The fraction of sp³-hybridized carbons (Fsp3) is 0.227. The number of benzene rings is 2. The summed E-state index contributed by atoms with van der Waals surface area (Å²) in [4.78, 5) is 9.46. The molecule has 3 heterocycles. The molecule has 0 spiro atoms. The van der Waals surface area contributed by atoms with E-state index in [9.17, 15) is 0 Å². The van der Waals surface area contributed by atoms with Crippen molar-refractivity contribution in [3.05, 3.63) is 67.0 Å². The number of rotatable bonds is 5. The highest BCUT2D eigenvalue weighted by Crippen LogP contribution is 2.30. The van der Waals surface area contributed by atoms with Crippen LogP contribution in [0.3, 0.4) is 0 Å². The normalized spacial score (nSPS) is 14.8. The Morgan fingerprint density at radius 1 is 0.966 bits per heavy atom. The van der Waals surface area contributed by atoms with Crippen molar-refractivity contribution in [3.8, 4) is 17.4 Å². The van der Waals surface area contributed by atoms with Gasteiger partial charge in [-0.05, 0) is 49.2 Å². The van der Waals surface area contributed by atoms with Gasteiger partial charge in [0.1, 0.15) is 17.3 Å². The maximum atomic E-state index is 6.01. The summed E-state index contributed by atoms with van der Waals surface area (Å²) in [5, 5.41) is 8.78. The Bertz CT molecular complexity index is 1090. The minimum atomic E-state index is 0.311. The second-order valence-corrected chi connectivity index (χ2v) is 6.95. The number of aromatic nitrogens is 4. The van der Waals surface area contributed by atoms with E-state index in [1.807, 2.05) is 60.8 Å². The molecule has 7 heteroatoms. The number of hydrogen-bond donors (Lipinski definition) is 1. The molecule has 1 aliphatic heterocycles. The Hall–Kier alpha value is -3.45. The second kappa shape index (κ2) is 7.89. The van der Waals surface area contributed by atoms with Crippen molar-refractivity contribution in [2.75, 3.05) is 18.5 Å². The van der Waals surface area contributed by atoms with Crippen molar-refractivity contribution in [2.45, 2.75) is 18.9 Å². The molecular formula is C22H21N5O2. The van der Waals surface area contributed by atoms with E-state index >= 15 is 0 Å². The Balaban J connectivity index is 1.55. The molecule has 1 aliphatic rings. The average Bonchev–Trinajstić information content (AvgIpc) is 3.30. The van der Waals surface area contributed by atoms with E-state index in [-0.39, 0.29) is 0 Å². The first-order valence-corrected chi connectivity index (χ1v) is 9.74. The van der Waals surface area contributed by atoms with Gasteiger partial charge >= 0.3 is 0 Å². The number of para-hydroxylation sites is 1. The fourth-order valence-corrected chi connectivity index (χ4v) is 3.42. The molecule has 29 heavy (non-hydrogen) atoms. The van der Waals surface area contributed by atoms with Crippen LogP contribution in [0.25, 0.3) is 16.9 Å². The van der Waals surface area contributed by atoms with Crippen LogP contribution in [0.1, 0.15) is 12.8 Å². The molecule has 146 valence electrons. The van der Waals surface area contributed by atoms with Gasteiger partial charge in [-0.1, -0.05) is 18.2 Å². The van der Waals surface area contributed by atoms with Gasteiger partial charge in [0.15, 0.2) is 0 Å². The molecule has 2 aromatic heterocycles. The van der Waals surface area contributed by atoms with Crippen LogP contribution in [0.4, 0.5) is 5.82 Å². The smallest absolute Gasteiger partial charge is 0.253 e. The first-order valence-electron chi connectivity index (χ1n) is 9.74. The monoisotopic (exact) mass is 387 g/mol. The number of nitrogens with zero attached hydrogens (tertiary/aromatic N) is 4. The van der Waals surface area contributed by atoms with Crippen LogP contribution >= 0.6 is 0 Å². The van der Waals surface area contributed by atoms with Gasteiger partial charge in [0.2, 0.25) is 0 Å². The molecule has 0 bridgehead atoms. The lowest BCUT2D eigenvalue weighted by Gasteiger charge is -2.24. The molecule has 1 N–H and O–H groups in total. The summed E-state index contributed by atoms with van der Waals surface area (Å²) in [5.74, 6) is 2.86. The molecule has 4 aromatic rings. The predicted molar refractivity (Wildman–Crippen MR) is 111 cm³/mol. The van der Waals surface area contributed by atoms with Crippen molar-refractivity contribution >= 4 is 16.7 Å². The van der Waals surface area contributed by atoms with E-state index in [1.165, 1.54) is 0 Å². The van der Waals surface area contributed by atoms with Crippen LogP contribution in [-0.2, 0) is 4.74 Å². The van der Waals surface area contributed by atoms with Crippen LogP contribution in [-0.4, -0.2) is 39.0 Å². The summed E-state index contributed by atoms with van der Waals surface area (Å²) in [6.45, 7) is 1.52. The quantitative estimate of drug-likeness (QED) is 0.553. The SMILES string of the molecule is c1ccc(Oc2ccc3nc(-n4cccn4)nc(NC4CCOCC4)c3c2)cc1. The van der Waals surface area contributed by atoms with E-state index in [0.29, 0.717) is 12.0 Å². The van der Waals surface area contributed by atoms with Gasteiger partial charge in [-0.3, -0.25) is 0 Å². The summed E-state index contributed by atoms with van der Waals surface area (Å²) in [6.07, 6.45) is 5.45. The Morgan fingerprint density at radius 2 is 1.83 bits per heavy atom. The summed E-state index contributed by atoms with van der Waals surface area (Å²) >= 11 is 0. The van der Waals surface area contributed by atoms with Gasteiger partial charge < -0.3 is 14.8 Å². The molecule has 1 saturated heterocycles. The van der Waals surface area contributed by atoms with Crippen molar-refractivity contribution < 1.29 is 9.47 Å². The third-order valence-corrected chi connectivity index (χ3v) is 4.91. The zero-order chi connectivity index (χ0) is 19.5. The van der Waals surface area contributed by atoms with E-state index in [0.717, 1.165) is 54.3 Å². The maximum absolute atomic E-state index is 6.01. The fourth-order valence-electron chi connectivity index (χ4n) is 3.42. The van der Waals surface area contributed by atoms with Crippen molar-refractivity contribution in [3.63, 3.8) is 0 Å². The van der Waals surface area contributed by atoms with Crippen LogP contribution < -0.4 is 10.1 Å². The highest BCUT2D eigenvalue weighted by atomic mass is 16.5. The molecule has 0 atom stereocenters. The number of anilines is 1. The first-order chi connectivity index (χ1) is 14.3. The van der Waals surface area contributed by atoms with E-state index in [1.54, 1.807) is 10.9 Å². The number of ether oxygens (including phenoxy) is 2. The minimum absolute atomic E-state index is 0.311. The second-order valence-electron chi connectivity index (χ2n) is 6.95. The molecule has 5 rings (SSSR count). The van der Waals surface area contributed by atoms with E-state index in [2.05, 4.69) is 15.4 Å². The number of hydrogen-bond acceptors (Lipinski definition) is 6.